The number of benzene rings is 1. The van der Waals surface area contributed by atoms with E-state index in [4.69, 9.17) is 10.00 Å². The van der Waals surface area contributed by atoms with Crippen molar-refractivity contribution in [2.45, 2.75) is 51.7 Å². The van der Waals surface area contributed by atoms with Crippen LogP contribution in [0.3, 0.4) is 0 Å². The molecule has 2 saturated carbocycles. The molecular weight excluding hydrogens is 316 g/mol. The molecule has 5 nitrogen and oxygen atoms in total. The second-order valence-corrected chi connectivity index (χ2v) is 7.37. The smallest absolute Gasteiger partial charge is 0.338 e. The second kappa shape index (κ2) is 7.26. The molecule has 0 unspecified atom stereocenters. The number of carbonyl (C=O) groups is 2. The van der Waals surface area contributed by atoms with Gasteiger partial charge in [0.15, 0.2) is 6.10 Å². The summed E-state index contributed by atoms with van der Waals surface area (Å²) in [4.78, 5) is 24.5. The third kappa shape index (κ3) is 3.84. The summed E-state index contributed by atoms with van der Waals surface area (Å²) in [6.45, 7) is 3.64. The first-order valence-corrected chi connectivity index (χ1v) is 8.99. The van der Waals surface area contributed by atoms with Crippen molar-refractivity contribution in [3.63, 3.8) is 0 Å². The van der Waals surface area contributed by atoms with E-state index >= 15 is 0 Å². The van der Waals surface area contributed by atoms with E-state index in [9.17, 15) is 9.59 Å². The minimum Gasteiger partial charge on any atom is -0.449 e. The Morgan fingerprint density at radius 3 is 2.48 bits per heavy atom. The topological polar surface area (TPSA) is 79.2 Å². The first-order chi connectivity index (χ1) is 12.0. The summed E-state index contributed by atoms with van der Waals surface area (Å²) >= 11 is 0. The third-order valence-corrected chi connectivity index (χ3v) is 5.71. The highest BCUT2D eigenvalue weighted by Crippen LogP contribution is 2.49. The lowest BCUT2D eigenvalue weighted by Gasteiger charge is -2.29. The number of hydrogen-bond donors (Lipinski definition) is 1. The van der Waals surface area contributed by atoms with Gasteiger partial charge in [0.1, 0.15) is 0 Å². The van der Waals surface area contributed by atoms with Gasteiger partial charge >= 0.3 is 5.97 Å². The quantitative estimate of drug-likeness (QED) is 0.836. The standard InChI is InChI=1S/C20H24N2O3/c1-12(18-10-15-5-8-17(18)9-15)22-19(23)13(2)25-20(24)16-6-3-14(11-21)4-7-16/h3-4,6-7,12-13,15,17-18H,5,8-10H2,1-2H3,(H,22,23)/t12-,13+,15+,17+,18+/m1/s1. The zero-order valence-electron chi connectivity index (χ0n) is 14.7. The van der Waals surface area contributed by atoms with Crippen molar-refractivity contribution in [3.05, 3.63) is 35.4 Å². The Morgan fingerprint density at radius 1 is 1.20 bits per heavy atom. The molecule has 1 aromatic carbocycles. The molecule has 1 amide bonds. The zero-order chi connectivity index (χ0) is 18.0. The van der Waals surface area contributed by atoms with Crippen LogP contribution in [-0.2, 0) is 9.53 Å². The molecule has 1 N–H and O–H groups in total. The summed E-state index contributed by atoms with van der Waals surface area (Å²) in [5.74, 6) is 1.30. The van der Waals surface area contributed by atoms with Gasteiger partial charge in [-0.3, -0.25) is 4.79 Å². The lowest BCUT2D eigenvalue weighted by Crippen LogP contribution is -2.45. The highest BCUT2D eigenvalue weighted by Gasteiger charge is 2.42. The number of amides is 1. The van der Waals surface area contributed by atoms with Crippen LogP contribution < -0.4 is 5.32 Å². The van der Waals surface area contributed by atoms with E-state index in [0.29, 0.717) is 17.0 Å². The molecular formula is C20H24N2O3. The molecule has 5 heteroatoms. The summed E-state index contributed by atoms with van der Waals surface area (Å²) in [6.07, 6.45) is 4.27. The molecule has 5 atom stereocenters. The van der Waals surface area contributed by atoms with Crippen molar-refractivity contribution in [1.82, 2.24) is 5.32 Å². The summed E-state index contributed by atoms with van der Waals surface area (Å²) in [6, 6.07) is 8.28. The molecule has 25 heavy (non-hydrogen) atoms. The van der Waals surface area contributed by atoms with Gasteiger partial charge in [-0.1, -0.05) is 6.42 Å². The SMILES string of the molecule is C[C@H](OC(=O)c1ccc(C#N)cc1)C(=O)N[C@H](C)[C@@H]1C[C@H]2CC[C@H]1C2. The maximum absolute atomic E-state index is 12.4. The summed E-state index contributed by atoms with van der Waals surface area (Å²) in [5.41, 5.74) is 0.807. The van der Waals surface area contributed by atoms with E-state index in [1.54, 1.807) is 19.1 Å². The van der Waals surface area contributed by atoms with Crippen LogP contribution in [0.4, 0.5) is 0 Å². The number of rotatable bonds is 5. The number of nitrogens with zero attached hydrogens (tertiary/aromatic N) is 1. The van der Waals surface area contributed by atoms with E-state index in [-0.39, 0.29) is 11.9 Å². The van der Waals surface area contributed by atoms with Gasteiger partial charge in [-0.05, 0) is 75.1 Å². The molecule has 2 bridgehead atoms. The number of ether oxygens (including phenoxy) is 1. The van der Waals surface area contributed by atoms with Crippen LogP contribution >= 0.6 is 0 Å². The van der Waals surface area contributed by atoms with Crippen molar-refractivity contribution in [1.29, 1.82) is 5.26 Å². The Labute approximate surface area is 148 Å². The van der Waals surface area contributed by atoms with Crippen molar-refractivity contribution < 1.29 is 14.3 Å². The van der Waals surface area contributed by atoms with Gasteiger partial charge in [-0.15, -0.1) is 0 Å². The van der Waals surface area contributed by atoms with Gasteiger partial charge in [-0.25, -0.2) is 4.79 Å². The number of carbonyl (C=O) groups excluding carboxylic acids is 2. The summed E-state index contributed by atoms with van der Waals surface area (Å²) in [5, 5.41) is 11.8. The van der Waals surface area contributed by atoms with Crippen molar-refractivity contribution in [2.24, 2.45) is 17.8 Å². The normalized spacial score (nSPS) is 26.5. The van der Waals surface area contributed by atoms with Gasteiger partial charge in [0.25, 0.3) is 5.91 Å². The third-order valence-electron chi connectivity index (χ3n) is 5.71. The van der Waals surface area contributed by atoms with E-state index < -0.39 is 12.1 Å². The van der Waals surface area contributed by atoms with Crippen molar-refractivity contribution in [2.75, 3.05) is 0 Å². The average Bonchev–Trinajstić information content (AvgIpc) is 3.25. The molecule has 1 aromatic rings. The van der Waals surface area contributed by atoms with E-state index in [1.165, 1.54) is 37.8 Å². The zero-order valence-corrected chi connectivity index (χ0v) is 14.7. The summed E-state index contributed by atoms with van der Waals surface area (Å²) < 4.78 is 5.26. The van der Waals surface area contributed by atoms with Crippen LogP contribution in [0.5, 0.6) is 0 Å². The Balaban J connectivity index is 1.51. The van der Waals surface area contributed by atoms with E-state index in [1.807, 2.05) is 6.07 Å². The molecule has 0 aromatic heterocycles. The number of fused-ring (bicyclic) bond motifs is 2. The molecule has 132 valence electrons. The van der Waals surface area contributed by atoms with Crippen LogP contribution in [-0.4, -0.2) is 24.0 Å². The van der Waals surface area contributed by atoms with Gasteiger partial charge in [0.05, 0.1) is 17.2 Å². The van der Waals surface area contributed by atoms with Crippen molar-refractivity contribution in [3.8, 4) is 6.07 Å². The first-order valence-electron chi connectivity index (χ1n) is 8.99. The predicted molar refractivity (Wildman–Crippen MR) is 92.6 cm³/mol. The fraction of sp³-hybridized carbons (Fsp3) is 0.550. The molecule has 2 fully saturated rings. The average molecular weight is 340 g/mol. The summed E-state index contributed by atoms with van der Waals surface area (Å²) in [7, 11) is 0. The number of hydrogen-bond acceptors (Lipinski definition) is 4. The van der Waals surface area contributed by atoms with Gasteiger partial charge in [0.2, 0.25) is 0 Å². The van der Waals surface area contributed by atoms with Crippen LogP contribution in [0.1, 0.15) is 55.5 Å². The molecule has 0 heterocycles. The highest BCUT2D eigenvalue weighted by molar-refractivity contribution is 5.92. The first kappa shape index (κ1) is 17.5. The molecule has 2 aliphatic rings. The Morgan fingerprint density at radius 2 is 1.92 bits per heavy atom. The minimum atomic E-state index is -0.843. The molecule has 0 spiro atoms. The molecule has 2 aliphatic carbocycles. The molecule has 3 rings (SSSR count). The van der Waals surface area contributed by atoms with Crippen molar-refractivity contribution >= 4 is 11.9 Å². The van der Waals surface area contributed by atoms with Gasteiger partial charge < -0.3 is 10.1 Å². The minimum absolute atomic E-state index is 0.110. The monoisotopic (exact) mass is 340 g/mol. The number of nitrogens with one attached hydrogen (secondary N) is 1. The van der Waals surface area contributed by atoms with Crippen LogP contribution in [0.15, 0.2) is 24.3 Å². The van der Waals surface area contributed by atoms with E-state index in [2.05, 4.69) is 12.2 Å². The predicted octanol–water partition coefficient (Wildman–Crippen LogP) is 3.04. The van der Waals surface area contributed by atoms with Crippen LogP contribution in [0, 0.1) is 29.1 Å². The number of esters is 1. The fourth-order valence-electron chi connectivity index (χ4n) is 4.32. The fourth-order valence-corrected chi connectivity index (χ4v) is 4.32. The maximum Gasteiger partial charge on any atom is 0.338 e. The molecule has 0 radical (unpaired) electrons. The number of nitriles is 1. The van der Waals surface area contributed by atoms with E-state index in [0.717, 1.165) is 11.8 Å². The molecule has 0 saturated heterocycles. The molecule has 0 aliphatic heterocycles. The lowest BCUT2D eigenvalue weighted by molar-refractivity contribution is -0.130. The second-order valence-electron chi connectivity index (χ2n) is 7.37. The Kier molecular flexibility index (Phi) is 5.08. The van der Waals surface area contributed by atoms with Gasteiger partial charge in [-0.2, -0.15) is 5.26 Å². The van der Waals surface area contributed by atoms with Crippen LogP contribution in [0.25, 0.3) is 0 Å². The maximum atomic E-state index is 12.4. The Hall–Kier alpha value is -2.35. The lowest BCUT2D eigenvalue weighted by atomic mass is 9.84. The largest absolute Gasteiger partial charge is 0.449 e. The Bertz CT molecular complexity index is 692. The van der Waals surface area contributed by atoms with Gasteiger partial charge in [0, 0.05) is 6.04 Å². The highest BCUT2D eigenvalue weighted by atomic mass is 16.5. The van der Waals surface area contributed by atoms with Crippen LogP contribution in [0.2, 0.25) is 0 Å².